The van der Waals surface area contributed by atoms with E-state index in [-0.39, 0.29) is 25.3 Å². The third-order valence-corrected chi connectivity index (χ3v) is 4.86. The summed E-state index contributed by atoms with van der Waals surface area (Å²) < 4.78 is 10.4. The maximum atomic E-state index is 12.8. The van der Waals surface area contributed by atoms with Crippen molar-refractivity contribution in [2.24, 2.45) is 5.92 Å². The highest BCUT2D eigenvalue weighted by Crippen LogP contribution is 2.22. The molecule has 1 aromatic carbocycles. The first-order valence-electron chi connectivity index (χ1n) is 11.1. The summed E-state index contributed by atoms with van der Waals surface area (Å²) in [4.78, 5) is 60.5. The Balaban J connectivity index is 2.80. The standard InChI is InChI=1S/C23H34N4O8/c1-6-17(26-21(31)18(7-13(2)3)27-23(33)25-12-19(28)29)20(30)22(32)24-11-14-8-15(34-4)10-16(9-14)35-5/h8-10,13,17-18H,6-7,11-12H2,1-5H3,(H,24,32)(H,26,31)(H,28,29)(H2,25,27,33). The molecule has 0 saturated carbocycles. The Kier molecular flexibility index (Phi) is 12.0. The van der Waals surface area contributed by atoms with E-state index in [1.54, 1.807) is 25.1 Å². The van der Waals surface area contributed by atoms with Gasteiger partial charge in [0.15, 0.2) is 0 Å². The zero-order valence-electron chi connectivity index (χ0n) is 20.6. The number of rotatable bonds is 14. The summed E-state index contributed by atoms with van der Waals surface area (Å²) in [5.74, 6) is -2.57. The van der Waals surface area contributed by atoms with Gasteiger partial charge < -0.3 is 35.8 Å². The van der Waals surface area contributed by atoms with E-state index in [0.717, 1.165) is 0 Å². The van der Waals surface area contributed by atoms with Crippen LogP contribution in [0.15, 0.2) is 18.2 Å². The zero-order valence-corrected chi connectivity index (χ0v) is 20.6. The van der Waals surface area contributed by atoms with E-state index in [1.807, 2.05) is 13.8 Å². The fraction of sp³-hybridized carbons (Fsp3) is 0.522. The minimum Gasteiger partial charge on any atom is -0.497 e. The van der Waals surface area contributed by atoms with Gasteiger partial charge >= 0.3 is 12.0 Å². The molecule has 2 unspecified atom stereocenters. The van der Waals surface area contributed by atoms with Gasteiger partial charge in [-0.15, -0.1) is 0 Å². The monoisotopic (exact) mass is 494 g/mol. The predicted molar refractivity (Wildman–Crippen MR) is 126 cm³/mol. The van der Waals surface area contributed by atoms with Gasteiger partial charge in [-0.1, -0.05) is 20.8 Å². The number of nitrogens with one attached hydrogen (secondary N) is 4. The van der Waals surface area contributed by atoms with Crippen molar-refractivity contribution < 1.29 is 38.6 Å². The van der Waals surface area contributed by atoms with Gasteiger partial charge in [0.2, 0.25) is 11.7 Å². The number of carboxylic acids is 1. The number of benzene rings is 1. The molecule has 0 aliphatic rings. The maximum Gasteiger partial charge on any atom is 0.323 e. The molecule has 0 aliphatic heterocycles. The summed E-state index contributed by atoms with van der Waals surface area (Å²) in [6.45, 7) is 4.72. The van der Waals surface area contributed by atoms with E-state index in [0.29, 0.717) is 17.1 Å². The maximum absolute atomic E-state index is 12.8. The fourth-order valence-electron chi connectivity index (χ4n) is 3.09. The first kappa shape index (κ1) is 29.2. The highest BCUT2D eigenvalue weighted by atomic mass is 16.5. The van der Waals surface area contributed by atoms with Gasteiger partial charge in [-0.05, 0) is 36.5 Å². The second-order valence-corrected chi connectivity index (χ2v) is 8.14. The van der Waals surface area contributed by atoms with Crippen LogP contribution in [0.1, 0.15) is 39.2 Å². The molecule has 5 N–H and O–H groups in total. The van der Waals surface area contributed by atoms with Crippen LogP contribution in [-0.4, -0.2) is 67.6 Å². The highest BCUT2D eigenvalue weighted by molar-refractivity contribution is 6.38. The molecule has 12 nitrogen and oxygen atoms in total. The zero-order chi connectivity index (χ0) is 26.5. The molecule has 0 saturated heterocycles. The number of hydrogen-bond acceptors (Lipinski definition) is 7. The molecule has 1 rings (SSSR count). The summed E-state index contributed by atoms with van der Waals surface area (Å²) in [5, 5.41) is 18.2. The largest absolute Gasteiger partial charge is 0.497 e. The molecule has 12 heteroatoms. The van der Waals surface area contributed by atoms with Crippen LogP contribution >= 0.6 is 0 Å². The van der Waals surface area contributed by atoms with Crippen LogP contribution in [0.5, 0.6) is 11.5 Å². The van der Waals surface area contributed by atoms with Crippen molar-refractivity contribution >= 4 is 29.6 Å². The van der Waals surface area contributed by atoms with Crippen molar-refractivity contribution in [2.45, 2.75) is 52.2 Å². The molecule has 35 heavy (non-hydrogen) atoms. The van der Waals surface area contributed by atoms with Crippen molar-refractivity contribution in [2.75, 3.05) is 20.8 Å². The summed E-state index contributed by atoms with van der Waals surface area (Å²) in [6, 6.07) is 2.06. The van der Waals surface area contributed by atoms with Crippen molar-refractivity contribution in [3.8, 4) is 11.5 Å². The van der Waals surface area contributed by atoms with Crippen molar-refractivity contribution in [1.29, 1.82) is 0 Å². The Labute approximate surface area is 204 Å². The van der Waals surface area contributed by atoms with Crippen LogP contribution in [0, 0.1) is 5.92 Å². The van der Waals surface area contributed by atoms with E-state index in [9.17, 15) is 24.0 Å². The topological polar surface area (TPSA) is 172 Å². The van der Waals surface area contributed by atoms with Crippen LogP contribution in [0.4, 0.5) is 4.79 Å². The minimum absolute atomic E-state index is 0.00413. The number of carbonyl (C=O) groups excluding carboxylic acids is 4. The lowest BCUT2D eigenvalue weighted by Crippen LogP contribution is -2.55. The number of carbonyl (C=O) groups is 5. The molecule has 2 atom stereocenters. The third-order valence-electron chi connectivity index (χ3n) is 4.86. The van der Waals surface area contributed by atoms with Crippen LogP contribution in [0.25, 0.3) is 0 Å². The third kappa shape index (κ3) is 10.3. The van der Waals surface area contributed by atoms with Crippen LogP contribution in [0.2, 0.25) is 0 Å². The molecule has 0 heterocycles. The second-order valence-electron chi connectivity index (χ2n) is 8.14. The summed E-state index contributed by atoms with van der Waals surface area (Å²) in [7, 11) is 2.98. The first-order chi connectivity index (χ1) is 16.5. The van der Waals surface area contributed by atoms with Crippen molar-refractivity contribution in [3.63, 3.8) is 0 Å². The average Bonchev–Trinajstić information content (AvgIpc) is 2.82. The van der Waals surface area contributed by atoms with Gasteiger partial charge in [-0.25, -0.2) is 4.79 Å². The smallest absolute Gasteiger partial charge is 0.323 e. The van der Waals surface area contributed by atoms with E-state index < -0.39 is 48.2 Å². The SMILES string of the molecule is CCC(NC(=O)C(CC(C)C)NC(=O)NCC(=O)O)C(=O)C(=O)NCc1cc(OC)cc(OC)c1. The second kappa shape index (κ2) is 14.4. The van der Waals surface area contributed by atoms with Crippen LogP contribution in [-0.2, 0) is 25.7 Å². The number of ether oxygens (including phenoxy) is 2. The molecule has 0 radical (unpaired) electrons. The minimum atomic E-state index is -1.24. The number of amides is 4. The highest BCUT2D eigenvalue weighted by Gasteiger charge is 2.29. The van der Waals surface area contributed by atoms with Gasteiger partial charge in [-0.3, -0.25) is 19.2 Å². The predicted octanol–water partition coefficient (Wildman–Crippen LogP) is 0.582. The first-order valence-corrected chi connectivity index (χ1v) is 11.1. The van der Waals surface area contributed by atoms with E-state index >= 15 is 0 Å². The molecule has 194 valence electrons. The van der Waals surface area contributed by atoms with Crippen molar-refractivity contribution in [3.05, 3.63) is 23.8 Å². The Bertz CT molecular complexity index is 897. The van der Waals surface area contributed by atoms with E-state index in [4.69, 9.17) is 14.6 Å². The Hall–Kier alpha value is -3.83. The van der Waals surface area contributed by atoms with Crippen LogP contribution < -0.4 is 30.7 Å². The number of methoxy groups -OCH3 is 2. The van der Waals surface area contributed by atoms with Gasteiger partial charge in [0.25, 0.3) is 5.91 Å². The van der Waals surface area contributed by atoms with Gasteiger partial charge in [0, 0.05) is 12.6 Å². The quantitative estimate of drug-likeness (QED) is 0.234. The van der Waals surface area contributed by atoms with E-state index in [2.05, 4.69) is 21.3 Å². The van der Waals surface area contributed by atoms with Gasteiger partial charge in [-0.2, -0.15) is 0 Å². The molecule has 0 bridgehead atoms. The lowest BCUT2D eigenvalue weighted by Gasteiger charge is -2.23. The Morgan fingerprint density at radius 3 is 2.00 bits per heavy atom. The molecular formula is C23H34N4O8. The molecule has 4 amide bonds. The summed E-state index contributed by atoms with van der Waals surface area (Å²) in [6.07, 6.45) is 0.380. The number of ketones is 1. The van der Waals surface area contributed by atoms with E-state index in [1.165, 1.54) is 14.2 Å². The molecule has 1 aromatic rings. The number of carboxylic acid groups (broad SMARTS) is 1. The number of hydrogen-bond donors (Lipinski definition) is 5. The fourth-order valence-corrected chi connectivity index (χ4v) is 3.09. The Morgan fingerprint density at radius 2 is 1.51 bits per heavy atom. The molecule has 0 spiro atoms. The van der Waals surface area contributed by atoms with Gasteiger partial charge in [0.1, 0.15) is 24.1 Å². The molecular weight excluding hydrogens is 460 g/mol. The molecule has 0 aromatic heterocycles. The number of urea groups is 1. The number of Topliss-reactive ketones (excluding diaryl/α,β-unsaturated/α-hetero) is 1. The molecule has 0 aliphatic carbocycles. The number of aliphatic carboxylic acids is 1. The van der Waals surface area contributed by atoms with Crippen molar-refractivity contribution in [1.82, 2.24) is 21.3 Å². The normalized spacial score (nSPS) is 12.2. The average molecular weight is 495 g/mol. The van der Waals surface area contributed by atoms with Gasteiger partial charge in [0.05, 0.1) is 20.3 Å². The summed E-state index contributed by atoms with van der Waals surface area (Å²) >= 11 is 0. The van der Waals surface area contributed by atoms with Crippen LogP contribution in [0.3, 0.4) is 0 Å². The lowest BCUT2D eigenvalue weighted by molar-refractivity contribution is -0.140. The molecule has 0 fully saturated rings. The summed E-state index contributed by atoms with van der Waals surface area (Å²) in [5.41, 5.74) is 0.646. The lowest BCUT2D eigenvalue weighted by atomic mass is 10.0. The Morgan fingerprint density at radius 1 is 0.914 bits per heavy atom.